The summed E-state index contributed by atoms with van der Waals surface area (Å²) in [5.74, 6) is 0. The summed E-state index contributed by atoms with van der Waals surface area (Å²) in [7, 11) is 0. The van der Waals surface area contributed by atoms with Gasteiger partial charge in [-0.1, -0.05) is 0 Å². The second kappa shape index (κ2) is 15.7. The van der Waals surface area contributed by atoms with Crippen molar-refractivity contribution in [2.24, 2.45) is 0 Å². The van der Waals surface area contributed by atoms with E-state index in [0.717, 1.165) is 0 Å². The molecule has 0 saturated carbocycles. The van der Waals surface area contributed by atoms with Crippen LogP contribution < -0.4 is 20.4 Å². The molecule has 0 aromatic heterocycles. The Morgan fingerprint density at radius 2 is 0.800 bits per heavy atom. The molecule has 0 aromatic carbocycles. The molecule has 0 spiro atoms. The SMILES string of the molecule is O=C([O-])[O-].O=C([O-])[O-].[Mn+2].[OH4+2]. The zero-order valence-corrected chi connectivity index (χ0v) is 5.71. The first-order valence-electron chi connectivity index (χ1n) is 1.22. The molecular weight excluding hydrogens is 191 g/mol. The minimum Gasteiger partial charge on any atom is -0.873 e. The minimum atomic E-state index is -2.33. The Labute approximate surface area is 65.7 Å². The van der Waals surface area contributed by atoms with Crippen LogP contribution in [-0.2, 0) is 22.5 Å². The van der Waals surface area contributed by atoms with Crippen LogP contribution in [0.15, 0.2) is 0 Å². The predicted octanol–water partition coefficient (Wildman–Crippen LogP) is -6.09. The Balaban J connectivity index is -0.0000000300. The van der Waals surface area contributed by atoms with Crippen LogP contribution in [-0.4, -0.2) is 12.3 Å². The molecule has 61 valence electrons. The standard InChI is InChI=1S/2CH2O3.Mn.H4O/c2*2-1(3)4;;/h2*(H2,2,3,4);;1H4/q;;2*+2/p-4. The first-order chi connectivity index (χ1) is 3.46. The fourth-order valence-electron chi connectivity index (χ4n) is 0. The minimum absolute atomic E-state index is 0. The second-order valence-electron chi connectivity index (χ2n) is 0.500. The largest absolute Gasteiger partial charge is 2.00 e. The number of carbonyl (C=O) groups is 2. The Kier molecular flexibility index (Phi) is 36.1. The van der Waals surface area contributed by atoms with Crippen molar-refractivity contribution in [2.75, 3.05) is 0 Å². The van der Waals surface area contributed by atoms with Gasteiger partial charge in [0.1, 0.15) is 0 Å². The summed E-state index contributed by atoms with van der Waals surface area (Å²) in [5, 5.41) is 33.3. The Morgan fingerprint density at radius 1 is 0.800 bits per heavy atom. The van der Waals surface area contributed by atoms with E-state index in [9.17, 15) is 0 Å². The van der Waals surface area contributed by atoms with E-state index >= 15 is 0 Å². The van der Waals surface area contributed by atoms with E-state index < -0.39 is 12.3 Å². The van der Waals surface area contributed by atoms with Crippen LogP contribution in [0.2, 0.25) is 0 Å². The maximum atomic E-state index is 8.33. The van der Waals surface area contributed by atoms with Gasteiger partial charge in [-0.3, -0.25) is 0 Å². The van der Waals surface area contributed by atoms with Crippen molar-refractivity contribution >= 4 is 12.3 Å². The fraction of sp³-hybridized carbons (Fsp3) is 0. The molecular formula is C2H4MnO7. The summed E-state index contributed by atoms with van der Waals surface area (Å²) in [4.78, 5) is 16.7. The summed E-state index contributed by atoms with van der Waals surface area (Å²) < 4.78 is 0. The average molecular weight is 195 g/mol. The molecule has 0 aliphatic rings. The number of rotatable bonds is 0. The normalized spacial score (nSPS) is 4.80. The van der Waals surface area contributed by atoms with Crippen LogP contribution in [0.25, 0.3) is 0 Å². The van der Waals surface area contributed by atoms with Gasteiger partial charge in [-0.25, -0.2) is 0 Å². The van der Waals surface area contributed by atoms with E-state index in [1.807, 2.05) is 0 Å². The van der Waals surface area contributed by atoms with Gasteiger partial charge in [0, 0.05) is 0 Å². The maximum absolute atomic E-state index is 8.33. The molecule has 0 saturated heterocycles. The van der Waals surface area contributed by atoms with Crippen LogP contribution in [0.1, 0.15) is 0 Å². The van der Waals surface area contributed by atoms with E-state index in [4.69, 9.17) is 30.0 Å². The molecule has 10 heavy (non-hydrogen) atoms. The van der Waals surface area contributed by atoms with Crippen LogP contribution in [0.4, 0.5) is 9.59 Å². The number of carbonyl (C=O) groups excluding carboxylic acids is 2. The topological polar surface area (TPSA) is 161 Å². The van der Waals surface area contributed by atoms with E-state index in [-0.39, 0.29) is 22.5 Å². The molecule has 0 aliphatic heterocycles. The van der Waals surface area contributed by atoms with Gasteiger partial charge in [0.2, 0.25) is 0 Å². The van der Waals surface area contributed by atoms with E-state index in [2.05, 4.69) is 0 Å². The van der Waals surface area contributed by atoms with Crippen molar-refractivity contribution in [1.29, 1.82) is 0 Å². The predicted molar refractivity (Wildman–Crippen MR) is 17.1 cm³/mol. The molecule has 0 aromatic rings. The zero-order valence-electron chi connectivity index (χ0n) is 4.53. The van der Waals surface area contributed by atoms with E-state index in [1.54, 1.807) is 0 Å². The molecule has 0 aliphatic carbocycles. The first-order valence-corrected chi connectivity index (χ1v) is 1.22. The van der Waals surface area contributed by atoms with Crippen LogP contribution in [0, 0.1) is 0 Å². The molecule has 0 atom stereocenters. The summed E-state index contributed by atoms with van der Waals surface area (Å²) in [6, 6.07) is 0. The van der Waals surface area contributed by atoms with E-state index in [0.29, 0.717) is 0 Å². The molecule has 8 heteroatoms. The average Bonchev–Trinajstić information content (AvgIpc) is 1.25. The van der Waals surface area contributed by atoms with Gasteiger partial charge >= 0.3 is 17.1 Å². The summed E-state index contributed by atoms with van der Waals surface area (Å²) in [6.45, 7) is 0. The molecule has 0 rings (SSSR count). The summed E-state index contributed by atoms with van der Waals surface area (Å²) >= 11 is 0. The molecule has 0 bridgehead atoms. The zero-order chi connectivity index (χ0) is 7.15. The van der Waals surface area contributed by atoms with Crippen LogP contribution in [0.3, 0.4) is 0 Å². The second-order valence-corrected chi connectivity index (χ2v) is 0.500. The van der Waals surface area contributed by atoms with Crippen molar-refractivity contribution in [3.05, 3.63) is 0 Å². The van der Waals surface area contributed by atoms with Crippen molar-refractivity contribution in [1.82, 2.24) is 0 Å². The van der Waals surface area contributed by atoms with Crippen molar-refractivity contribution in [3.8, 4) is 0 Å². The third kappa shape index (κ3) is 265. The van der Waals surface area contributed by atoms with Gasteiger partial charge in [-0.05, 0) is 12.3 Å². The van der Waals surface area contributed by atoms with Gasteiger partial charge in [-0.2, -0.15) is 0 Å². The Morgan fingerprint density at radius 3 is 0.800 bits per heavy atom. The van der Waals surface area contributed by atoms with Crippen LogP contribution in [0.5, 0.6) is 0 Å². The number of carboxylic acid groups (broad SMARTS) is 4. The Hall–Kier alpha value is -0.981. The maximum Gasteiger partial charge on any atom is 2.00 e. The fourth-order valence-corrected chi connectivity index (χ4v) is 0. The third-order valence-electron chi connectivity index (χ3n) is 0. The van der Waals surface area contributed by atoms with Crippen molar-refractivity contribution in [2.45, 2.75) is 0 Å². The molecule has 7 nitrogen and oxygen atoms in total. The van der Waals surface area contributed by atoms with Gasteiger partial charge in [0.05, 0.1) is 0 Å². The number of hydrogen-bond acceptors (Lipinski definition) is 6. The van der Waals surface area contributed by atoms with Gasteiger partial charge in [0.15, 0.2) is 0 Å². The first kappa shape index (κ1) is 23.0. The molecule has 0 amide bonds. The van der Waals surface area contributed by atoms with E-state index in [1.165, 1.54) is 0 Å². The van der Waals surface area contributed by atoms with Crippen molar-refractivity contribution in [3.63, 3.8) is 0 Å². The molecule has 0 heterocycles. The quantitative estimate of drug-likeness (QED) is 0.349. The molecule has 0 unspecified atom stereocenters. The van der Waals surface area contributed by atoms with Gasteiger partial charge in [0.25, 0.3) is 0 Å². The third-order valence-corrected chi connectivity index (χ3v) is 0. The molecule has 0 fully saturated rings. The summed E-state index contributed by atoms with van der Waals surface area (Å²) in [5.41, 5.74) is 0. The monoisotopic (exact) mass is 195 g/mol. The van der Waals surface area contributed by atoms with Gasteiger partial charge < -0.3 is 35.5 Å². The van der Waals surface area contributed by atoms with Crippen LogP contribution >= 0.6 is 0 Å². The van der Waals surface area contributed by atoms with Crippen molar-refractivity contribution < 1.29 is 52.6 Å². The molecule has 1 radical (unpaired) electrons. The number of hydrogen-bond donors (Lipinski definition) is 0. The van der Waals surface area contributed by atoms with Gasteiger partial charge in [-0.15, -0.1) is 0 Å². The molecule has 4 N–H and O–H groups in total. The Bertz CT molecular complexity index is 69.6. The smallest absolute Gasteiger partial charge is 0.873 e. The summed E-state index contributed by atoms with van der Waals surface area (Å²) in [6.07, 6.45) is -4.67.